The van der Waals surface area contributed by atoms with E-state index in [4.69, 9.17) is 5.73 Å². The van der Waals surface area contributed by atoms with Crippen LogP contribution in [0.1, 0.15) is 32.3 Å². The summed E-state index contributed by atoms with van der Waals surface area (Å²) < 4.78 is 1.19. The van der Waals surface area contributed by atoms with E-state index in [-0.39, 0.29) is 5.54 Å². The number of hydrogen-bond donors (Lipinski definition) is 2. The Hall–Kier alpha value is -1.57. The van der Waals surface area contributed by atoms with Gasteiger partial charge in [-0.2, -0.15) is 0 Å². The summed E-state index contributed by atoms with van der Waals surface area (Å²) in [7, 11) is 0. The van der Waals surface area contributed by atoms with E-state index in [0.29, 0.717) is 0 Å². The summed E-state index contributed by atoms with van der Waals surface area (Å²) in [5.74, 6) is 0. The Labute approximate surface area is 139 Å². The maximum atomic E-state index is 6.48. The van der Waals surface area contributed by atoms with Crippen LogP contribution >= 0.6 is 0 Å². The number of hydrogen-bond acceptors (Lipinski definition) is 2. The summed E-state index contributed by atoms with van der Waals surface area (Å²) in [6.07, 6.45) is 3.76. The Morgan fingerprint density at radius 3 is 2.41 bits per heavy atom. The van der Waals surface area contributed by atoms with Gasteiger partial charge in [-0.15, -0.1) is 0 Å². The standard InChI is InChI=1S/C18H20AsN3/c1-3-18(20,4-2)13-7-5-12(6-8-13)14-9-10-16-15(17(14)19)11-21-22-16/h5-11H,3-4,20H2,1-2H3,(H,21,22). The van der Waals surface area contributed by atoms with Gasteiger partial charge >= 0.3 is 140 Å². The number of fused-ring (bicyclic) bond motifs is 1. The molecule has 1 aromatic heterocycles. The molecular formula is C18H20AsN3. The SMILES string of the molecule is CCC(N)(CC)c1ccc(-c2ccc3[nH]ncc3c2[As])cc1. The summed E-state index contributed by atoms with van der Waals surface area (Å²) in [4.78, 5) is 0. The molecule has 4 heteroatoms. The summed E-state index contributed by atoms with van der Waals surface area (Å²) in [6, 6.07) is 12.9. The van der Waals surface area contributed by atoms with Crippen LogP contribution in [0.15, 0.2) is 42.6 Å². The van der Waals surface area contributed by atoms with E-state index in [0.717, 1.165) is 23.7 Å². The van der Waals surface area contributed by atoms with Crippen molar-refractivity contribution >= 4 is 32.1 Å². The van der Waals surface area contributed by atoms with Gasteiger partial charge in [0.25, 0.3) is 0 Å². The van der Waals surface area contributed by atoms with Gasteiger partial charge in [0.2, 0.25) is 0 Å². The zero-order chi connectivity index (χ0) is 15.7. The van der Waals surface area contributed by atoms with Crippen LogP contribution in [-0.4, -0.2) is 27.1 Å². The molecule has 0 aliphatic carbocycles. The van der Waals surface area contributed by atoms with E-state index < -0.39 is 0 Å². The molecule has 3 rings (SSSR count). The molecular weight excluding hydrogens is 333 g/mol. The Morgan fingerprint density at radius 1 is 1.09 bits per heavy atom. The number of nitrogens with two attached hydrogens (primary N) is 1. The van der Waals surface area contributed by atoms with Crippen molar-refractivity contribution in [3.8, 4) is 11.1 Å². The normalized spacial score (nSPS) is 12.0. The average Bonchev–Trinajstić information content (AvgIpc) is 3.04. The molecule has 0 atom stereocenters. The van der Waals surface area contributed by atoms with E-state index in [1.807, 2.05) is 6.20 Å². The van der Waals surface area contributed by atoms with Gasteiger partial charge in [0.15, 0.2) is 0 Å². The first kappa shape index (κ1) is 15.3. The Kier molecular flexibility index (Phi) is 4.11. The number of nitrogens with zero attached hydrogens (tertiary/aromatic N) is 1. The van der Waals surface area contributed by atoms with E-state index in [1.54, 1.807) is 0 Å². The van der Waals surface area contributed by atoms with Gasteiger partial charge in [-0.3, -0.25) is 0 Å². The second-order valence-electron chi connectivity index (χ2n) is 5.73. The Bertz CT molecular complexity index is 786. The molecule has 1 heterocycles. The topological polar surface area (TPSA) is 54.7 Å². The monoisotopic (exact) mass is 353 g/mol. The fourth-order valence-corrected chi connectivity index (χ4v) is 3.68. The summed E-state index contributed by atoms with van der Waals surface area (Å²) in [5, 5.41) is 8.27. The van der Waals surface area contributed by atoms with Crippen LogP contribution in [0, 0.1) is 0 Å². The Balaban J connectivity index is 2.03. The molecule has 22 heavy (non-hydrogen) atoms. The number of benzene rings is 2. The van der Waals surface area contributed by atoms with Crippen LogP contribution in [0.2, 0.25) is 0 Å². The predicted octanol–water partition coefficient (Wildman–Crippen LogP) is 3.00. The van der Waals surface area contributed by atoms with Crippen LogP contribution in [0.5, 0.6) is 0 Å². The van der Waals surface area contributed by atoms with Crippen molar-refractivity contribution in [3.63, 3.8) is 0 Å². The minimum absolute atomic E-state index is 0.224. The van der Waals surface area contributed by atoms with Gasteiger partial charge in [0.05, 0.1) is 0 Å². The molecule has 0 aliphatic rings. The number of aromatic amines is 1. The molecule has 3 N–H and O–H groups in total. The number of rotatable bonds is 4. The quantitative estimate of drug-likeness (QED) is 0.709. The third-order valence-corrected chi connectivity index (χ3v) is 5.64. The van der Waals surface area contributed by atoms with E-state index in [9.17, 15) is 0 Å². The van der Waals surface area contributed by atoms with Gasteiger partial charge < -0.3 is 0 Å². The molecule has 0 fully saturated rings. The number of H-pyrrole nitrogens is 1. The molecule has 0 spiro atoms. The van der Waals surface area contributed by atoms with Gasteiger partial charge in [-0.05, 0) is 0 Å². The van der Waals surface area contributed by atoms with Crippen LogP contribution in [0.3, 0.4) is 0 Å². The molecule has 0 saturated heterocycles. The molecule has 2 aromatic carbocycles. The third kappa shape index (κ3) is 2.49. The van der Waals surface area contributed by atoms with Crippen molar-refractivity contribution in [3.05, 3.63) is 48.2 Å². The molecule has 0 unspecified atom stereocenters. The van der Waals surface area contributed by atoms with Crippen LogP contribution in [-0.2, 0) is 5.54 Å². The van der Waals surface area contributed by atoms with Crippen LogP contribution < -0.4 is 10.1 Å². The zero-order valence-electron chi connectivity index (χ0n) is 12.9. The molecule has 3 nitrogen and oxygen atoms in total. The van der Waals surface area contributed by atoms with Crippen molar-refractivity contribution < 1.29 is 0 Å². The first-order chi connectivity index (χ1) is 10.6. The van der Waals surface area contributed by atoms with Gasteiger partial charge in [0, 0.05) is 0 Å². The second kappa shape index (κ2) is 5.90. The van der Waals surface area contributed by atoms with Crippen molar-refractivity contribution in [2.45, 2.75) is 32.2 Å². The van der Waals surface area contributed by atoms with E-state index >= 15 is 0 Å². The molecule has 0 amide bonds. The molecule has 112 valence electrons. The van der Waals surface area contributed by atoms with Crippen molar-refractivity contribution in [1.82, 2.24) is 10.2 Å². The van der Waals surface area contributed by atoms with E-state index in [2.05, 4.69) is 77.3 Å². The third-order valence-electron chi connectivity index (χ3n) is 4.63. The van der Waals surface area contributed by atoms with Crippen molar-refractivity contribution in [1.29, 1.82) is 0 Å². The number of aromatic nitrogens is 2. The van der Waals surface area contributed by atoms with Gasteiger partial charge in [-0.1, -0.05) is 0 Å². The maximum absolute atomic E-state index is 6.48. The first-order valence-electron chi connectivity index (χ1n) is 7.64. The fourth-order valence-electron chi connectivity index (χ4n) is 2.88. The zero-order valence-corrected chi connectivity index (χ0v) is 14.8. The van der Waals surface area contributed by atoms with Crippen LogP contribution in [0.4, 0.5) is 0 Å². The molecule has 0 bridgehead atoms. The van der Waals surface area contributed by atoms with Crippen molar-refractivity contribution in [2.75, 3.05) is 0 Å². The second-order valence-corrected chi connectivity index (χ2v) is 6.67. The van der Waals surface area contributed by atoms with E-state index in [1.165, 1.54) is 21.0 Å². The average molecular weight is 353 g/mol. The first-order valence-corrected chi connectivity index (χ1v) is 8.57. The fraction of sp³-hybridized carbons (Fsp3) is 0.278. The van der Waals surface area contributed by atoms with Gasteiger partial charge in [0.1, 0.15) is 0 Å². The summed E-state index contributed by atoms with van der Waals surface area (Å²) in [6.45, 7) is 4.29. The summed E-state index contributed by atoms with van der Waals surface area (Å²) >= 11 is 2.66. The molecule has 0 saturated carbocycles. The molecule has 0 aliphatic heterocycles. The summed E-state index contributed by atoms with van der Waals surface area (Å²) in [5.41, 5.74) is 11.0. The Morgan fingerprint density at radius 2 is 1.77 bits per heavy atom. The predicted molar refractivity (Wildman–Crippen MR) is 93.4 cm³/mol. The minimum atomic E-state index is -0.224. The number of nitrogens with one attached hydrogen (secondary N) is 1. The van der Waals surface area contributed by atoms with Crippen molar-refractivity contribution in [2.24, 2.45) is 5.73 Å². The molecule has 3 aromatic rings. The van der Waals surface area contributed by atoms with Gasteiger partial charge in [-0.25, -0.2) is 0 Å². The van der Waals surface area contributed by atoms with Crippen LogP contribution in [0.25, 0.3) is 22.0 Å². The molecule has 2 radical (unpaired) electrons.